The number of non-ortho nitro benzene ring substituents is 1. The van der Waals surface area contributed by atoms with Gasteiger partial charge in [0.05, 0.1) is 30.3 Å². The second-order valence-corrected chi connectivity index (χ2v) is 7.45. The molecule has 4 rings (SSSR count). The first kappa shape index (κ1) is 24.7. The Kier molecular flexibility index (Phi) is 7.29. The van der Waals surface area contributed by atoms with E-state index in [0.717, 1.165) is 10.4 Å². The molecule has 0 saturated heterocycles. The van der Waals surface area contributed by atoms with Crippen LogP contribution in [-0.2, 0) is 4.79 Å². The van der Waals surface area contributed by atoms with E-state index in [-0.39, 0.29) is 11.4 Å². The molecular formula is C25H21N5O7. The number of urea groups is 1. The zero-order valence-corrected chi connectivity index (χ0v) is 19.7. The van der Waals surface area contributed by atoms with Crippen molar-refractivity contribution in [1.82, 2.24) is 10.4 Å². The fourth-order valence-corrected chi connectivity index (χ4v) is 3.48. The predicted molar refractivity (Wildman–Crippen MR) is 135 cm³/mol. The first-order valence-electron chi connectivity index (χ1n) is 10.8. The summed E-state index contributed by atoms with van der Waals surface area (Å²) in [5, 5.41) is 15.2. The molecule has 1 aromatic heterocycles. The lowest BCUT2D eigenvalue weighted by Gasteiger charge is -2.21. The van der Waals surface area contributed by atoms with E-state index in [4.69, 9.17) is 14.2 Å². The molecular weight excluding hydrogens is 482 g/mol. The summed E-state index contributed by atoms with van der Waals surface area (Å²) in [4.78, 5) is 38.4. The van der Waals surface area contributed by atoms with E-state index in [9.17, 15) is 19.7 Å². The highest BCUT2D eigenvalue weighted by molar-refractivity contribution is 6.02. The number of hydrogen-bond acceptors (Lipinski definition) is 8. The number of hydrazine groups is 1. The van der Waals surface area contributed by atoms with Crippen LogP contribution >= 0.6 is 0 Å². The highest BCUT2D eigenvalue weighted by Crippen LogP contribution is 2.37. The summed E-state index contributed by atoms with van der Waals surface area (Å²) < 4.78 is 16.7. The number of hydrogen-bond donors (Lipinski definition) is 2. The van der Waals surface area contributed by atoms with E-state index >= 15 is 0 Å². The SMILES string of the molecule is COc1cc2nccc(Oc3ccc(NC(=O)N(NC=O)c4ccc([N+](=O)[O-])cc4)cc3)c2cc1OC. The molecule has 3 aromatic carbocycles. The Morgan fingerprint density at radius 3 is 2.27 bits per heavy atom. The van der Waals surface area contributed by atoms with Crippen molar-refractivity contribution in [3.05, 3.63) is 83.0 Å². The number of methoxy groups -OCH3 is 2. The van der Waals surface area contributed by atoms with Gasteiger partial charge in [0, 0.05) is 35.5 Å². The Hall–Kier alpha value is -5.39. The number of anilines is 2. The summed E-state index contributed by atoms with van der Waals surface area (Å²) in [6, 6.07) is 16.3. The summed E-state index contributed by atoms with van der Waals surface area (Å²) >= 11 is 0. The topological polar surface area (TPSA) is 145 Å². The van der Waals surface area contributed by atoms with Crippen molar-refractivity contribution in [2.45, 2.75) is 0 Å². The number of nitrogens with zero attached hydrogens (tertiary/aromatic N) is 3. The van der Waals surface area contributed by atoms with Crippen molar-refractivity contribution in [2.75, 3.05) is 24.5 Å². The minimum atomic E-state index is -0.684. The molecule has 0 unspecified atom stereocenters. The molecule has 12 nitrogen and oxygen atoms in total. The monoisotopic (exact) mass is 503 g/mol. The van der Waals surface area contributed by atoms with E-state index in [1.807, 2.05) is 0 Å². The van der Waals surface area contributed by atoms with Crippen molar-refractivity contribution in [3.8, 4) is 23.0 Å². The lowest BCUT2D eigenvalue weighted by atomic mass is 10.2. The molecule has 2 N–H and O–H groups in total. The predicted octanol–water partition coefficient (Wildman–Crippen LogP) is 4.65. The van der Waals surface area contributed by atoms with E-state index in [0.29, 0.717) is 40.6 Å². The first-order valence-corrected chi connectivity index (χ1v) is 10.8. The molecule has 4 aromatic rings. The number of aromatic nitrogens is 1. The molecule has 1 heterocycles. The maximum atomic E-state index is 12.8. The van der Waals surface area contributed by atoms with Gasteiger partial charge < -0.3 is 19.5 Å². The summed E-state index contributed by atoms with van der Waals surface area (Å²) in [5.74, 6) is 2.12. The van der Waals surface area contributed by atoms with Gasteiger partial charge in [0.2, 0.25) is 6.41 Å². The average Bonchev–Trinajstić information content (AvgIpc) is 2.92. The van der Waals surface area contributed by atoms with Crippen molar-refractivity contribution in [1.29, 1.82) is 0 Å². The number of pyridine rings is 1. The number of nitro benzene ring substituents is 1. The lowest BCUT2D eigenvalue weighted by Crippen LogP contribution is -2.45. The number of amides is 3. The van der Waals surface area contributed by atoms with E-state index < -0.39 is 11.0 Å². The highest BCUT2D eigenvalue weighted by atomic mass is 16.6. The fourth-order valence-electron chi connectivity index (χ4n) is 3.48. The van der Waals surface area contributed by atoms with Gasteiger partial charge >= 0.3 is 6.03 Å². The van der Waals surface area contributed by atoms with Gasteiger partial charge in [-0.1, -0.05) is 0 Å². The number of nitrogens with one attached hydrogen (secondary N) is 2. The van der Waals surface area contributed by atoms with Crippen LogP contribution in [0.1, 0.15) is 0 Å². The van der Waals surface area contributed by atoms with Crippen LogP contribution in [0.5, 0.6) is 23.0 Å². The summed E-state index contributed by atoms with van der Waals surface area (Å²) in [5.41, 5.74) is 3.43. The molecule has 0 aliphatic rings. The van der Waals surface area contributed by atoms with Gasteiger partial charge in [0.15, 0.2) is 11.5 Å². The second-order valence-electron chi connectivity index (χ2n) is 7.45. The number of fused-ring (bicyclic) bond motifs is 1. The largest absolute Gasteiger partial charge is 0.493 e. The first-order chi connectivity index (χ1) is 17.9. The molecule has 0 spiro atoms. The number of rotatable bonds is 9. The van der Waals surface area contributed by atoms with Crippen LogP contribution in [0.25, 0.3) is 10.9 Å². The summed E-state index contributed by atoms with van der Waals surface area (Å²) in [6.07, 6.45) is 1.94. The average molecular weight is 503 g/mol. The van der Waals surface area contributed by atoms with E-state index in [1.165, 1.54) is 24.3 Å². The van der Waals surface area contributed by atoms with Gasteiger partial charge in [-0.15, -0.1) is 0 Å². The van der Waals surface area contributed by atoms with Crippen molar-refractivity contribution in [3.63, 3.8) is 0 Å². The van der Waals surface area contributed by atoms with E-state index in [1.54, 1.807) is 62.9 Å². The third-order valence-electron chi connectivity index (χ3n) is 5.24. The van der Waals surface area contributed by atoms with Crippen LogP contribution in [0.2, 0.25) is 0 Å². The molecule has 0 saturated carbocycles. The van der Waals surface area contributed by atoms with E-state index in [2.05, 4.69) is 15.7 Å². The van der Waals surface area contributed by atoms with Gasteiger partial charge in [-0.05, 0) is 48.5 Å². The standard InChI is InChI=1S/C25H21N5O7/c1-35-23-13-20-21(14-24(23)36-2)26-12-11-22(20)37-19-9-3-16(4-10-19)28-25(32)29(27-15-31)17-5-7-18(8-6-17)30(33)34/h3-15H,1-2H3,(H,27,31)(H,28,32). The minimum Gasteiger partial charge on any atom is -0.493 e. The third-order valence-corrected chi connectivity index (χ3v) is 5.24. The van der Waals surface area contributed by atoms with Crippen molar-refractivity contribution in [2.24, 2.45) is 0 Å². The maximum absolute atomic E-state index is 12.8. The fraction of sp³-hybridized carbons (Fsp3) is 0.0800. The lowest BCUT2D eigenvalue weighted by molar-refractivity contribution is -0.384. The number of carbonyl (C=O) groups excluding carboxylic acids is 2. The Labute approximate surface area is 210 Å². The normalized spacial score (nSPS) is 10.3. The van der Waals surface area contributed by atoms with Crippen LogP contribution in [0, 0.1) is 10.1 Å². The molecule has 0 radical (unpaired) electrons. The van der Waals surface area contributed by atoms with Crippen LogP contribution in [0.3, 0.4) is 0 Å². The van der Waals surface area contributed by atoms with Crippen molar-refractivity contribution >= 4 is 40.4 Å². The quantitative estimate of drug-likeness (QED) is 0.191. The third kappa shape index (κ3) is 5.48. The van der Waals surface area contributed by atoms with Crippen molar-refractivity contribution < 1.29 is 28.7 Å². The summed E-state index contributed by atoms with van der Waals surface area (Å²) in [7, 11) is 3.09. The second kappa shape index (κ2) is 10.9. The van der Waals surface area contributed by atoms with Crippen LogP contribution in [-0.4, -0.2) is 36.6 Å². The molecule has 0 atom stereocenters. The van der Waals surface area contributed by atoms with Gasteiger partial charge in [0.1, 0.15) is 11.5 Å². The molecule has 12 heteroatoms. The number of ether oxygens (including phenoxy) is 3. The summed E-state index contributed by atoms with van der Waals surface area (Å²) in [6.45, 7) is 0. The van der Waals surface area contributed by atoms with Crippen LogP contribution < -0.4 is 30.0 Å². The molecule has 0 bridgehead atoms. The minimum absolute atomic E-state index is 0.148. The molecule has 37 heavy (non-hydrogen) atoms. The Bertz CT molecular complexity index is 1440. The van der Waals surface area contributed by atoms with Crippen LogP contribution in [0.4, 0.5) is 21.9 Å². The van der Waals surface area contributed by atoms with Gasteiger partial charge in [-0.25, -0.2) is 9.80 Å². The Morgan fingerprint density at radius 2 is 1.65 bits per heavy atom. The Morgan fingerprint density at radius 1 is 0.973 bits per heavy atom. The molecule has 0 aliphatic heterocycles. The Balaban J connectivity index is 1.50. The van der Waals surface area contributed by atoms with Crippen LogP contribution in [0.15, 0.2) is 72.9 Å². The van der Waals surface area contributed by atoms with Gasteiger partial charge in [-0.3, -0.25) is 25.3 Å². The zero-order chi connectivity index (χ0) is 26.4. The molecule has 3 amide bonds. The number of benzene rings is 3. The molecule has 188 valence electrons. The highest BCUT2D eigenvalue weighted by Gasteiger charge is 2.17. The van der Waals surface area contributed by atoms with Gasteiger partial charge in [0.25, 0.3) is 5.69 Å². The number of nitro groups is 1. The smallest absolute Gasteiger partial charge is 0.345 e. The van der Waals surface area contributed by atoms with Gasteiger partial charge in [-0.2, -0.15) is 0 Å². The molecule has 0 aliphatic carbocycles. The molecule has 0 fully saturated rings. The zero-order valence-electron chi connectivity index (χ0n) is 19.7. The number of carbonyl (C=O) groups is 2. The maximum Gasteiger partial charge on any atom is 0.345 e.